The summed E-state index contributed by atoms with van der Waals surface area (Å²) in [5.41, 5.74) is 0. The number of hydrogen-bond donors (Lipinski definition) is 1. The molecule has 0 heterocycles. The standard InChI is InChI=1S/C6H14BrNO3S/c1-2-11-5-6-12(9,10)8-4-3-7/h8H,2-6H2,1H3. The lowest BCUT2D eigenvalue weighted by Gasteiger charge is -2.04. The number of rotatable bonds is 7. The summed E-state index contributed by atoms with van der Waals surface area (Å²) in [5.74, 6) is 0.0356. The molecule has 0 aliphatic carbocycles. The molecule has 0 spiro atoms. The third-order valence-electron chi connectivity index (χ3n) is 1.12. The van der Waals surface area contributed by atoms with Gasteiger partial charge in [-0.2, -0.15) is 0 Å². The van der Waals surface area contributed by atoms with Crippen LogP contribution in [0.5, 0.6) is 0 Å². The smallest absolute Gasteiger partial charge is 0.213 e. The lowest BCUT2D eigenvalue weighted by Crippen LogP contribution is -2.29. The van der Waals surface area contributed by atoms with Crippen LogP contribution in [0.2, 0.25) is 0 Å². The van der Waals surface area contributed by atoms with E-state index in [0.717, 1.165) is 0 Å². The lowest BCUT2D eigenvalue weighted by atomic mass is 10.8. The van der Waals surface area contributed by atoms with Gasteiger partial charge in [0.25, 0.3) is 0 Å². The van der Waals surface area contributed by atoms with Gasteiger partial charge in [0, 0.05) is 18.5 Å². The molecule has 0 aromatic heterocycles. The fourth-order valence-electron chi connectivity index (χ4n) is 0.579. The predicted octanol–water partition coefficient (Wildman–Crippen LogP) is 0.337. The van der Waals surface area contributed by atoms with Gasteiger partial charge in [-0.1, -0.05) is 15.9 Å². The van der Waals surface area contributed by atoms with Gasteiger partial charge < -0.3 is 4.74 Å². The molecule has 0 rings (SSSR count). The zero-order chi connectivity index (χ0) is 9.45. The Balaban J connectivity index is 3.58. The average molecular weight is 260 g/mol. The van der Waals surface area contributed by atoms with Crippen molar-refractivity contribution in [3.05, 3.63) is 0 Å². The van der Waals surface area contributed by atoms with Crippen molar-refractivity contribution in [2.24, 2.45) is 0 Å². The van der Waals surface area contributed by atoms with Gasteiger partial charge >= 0.3 is 0 Å². The molecule has 74 valence electrons. The molecule has 0 aliphatic rings. The molecule has 0 bridgehead atoms. The zero-order valence-electron chi connectivity index (χ0n) is 7.05. The van der Waals surface area contributed by atoms with E-state index >= 15 is 0 Å². The van der Waals surface area contributed by atoms with Crippen LogP contribution in [0.4, 0.5) is 0 Å². The van der Waals surface area contributed by atoms with E-state index in [2.05, 4.69) is 20.7 Å². The van der Waals surface area contributed by atoms with Gasteiger partial charge in [-0.05, 0) is 6.92 Å². The molecule has 0 fully saturated rings. The lowest BCUT2D eigenvalue weighted by molar-refractivity contribution is 0.163. The topological polar surface area (TPSA) is 55.4 Å². The first-order valence-corrected chi connectivity index (χ1v) is 6.51. The average Bonchev–Trinajstić information content (AvgIpc) is 2.01. The molecule has 0 atom stereocenters. The van der Waals surface area contributed by atoms with Gasteiger partial charge in [0.15, 0.2) is 0 Å². The van der Waals surface area contributed by atoms with Crippen molar-refractivity contribution in [2.75, 3.05) is 30.8 Å². The molecular weight excluding hydrogens is 246 g/mol. The molecule has 4 nitrogen and oxygen atoms in total. The second-order valence-electron chi connectivity index (χ2n) is 2.10. The summed E-state index contributed by atoms with van der Waals surface area (Å²) in [6.45, 7) is 3.06. The Kier molecular flexibility index (Phi) is 7.02. The maximum Gasteiger partial charge on any atom is 0.213 e. The van der Waals surface area contributed by atoms with Crippen molar-refractivity contribution in [3.8, 4) is 0 Å². The molecule has 0 amide bonds. The van der Waals surface area contributed by atoms with Gasteiger partial charge in [0.05, 0.1) is 12.4 Å². The summed E-state index contributed by atoms with van der Waals surface area (Å²) in [4.78, 5) is 0. The van der Waals surface area contributed by atoms with Crippen LogP contribution in [0.1, 0.15) is 6.92 Å². The fourth-order valence-corrected chi connectivity index (χ4v) is 1.93. The highest BCUT2D eigenvalue weighted by Gasteiger charge is 2.07. The summed E-state index contributed by atoms with van der Waals surface area (Å²) >= 11 is 3.13. The van der Waals surface area contributed by atoms with Gasteiger partial charge in [-0.15, -0.1) is 0 Å². The van der Waals surface area contributed by atoms with Gasteiger partial charge in [0.2, 0.25) is 10.0 Å². The van der Waals surface area contributed by atoms with Crippen LogP contribution >= 0.6 is 15.9 Å². The minimum Gasteiger partial charge on any atom is -0.381 e. The largest absolute Gasteiger partial charge is 0.381 e. The molecule has 0 unspecified atom stereocenters. The number of ether oxygens (including phenoxy) is 1. The van der Waals surface area contributed by atoms with Crippen LogP contribution < -0.4 is 4.72 Å². The van der Waals surface area contributed by atoms with Crippen molar-refractivity contribution in [2.45, 2.75) is 6.92 Å². The molecule has 6 heteroatoms. The molecule has 0 saturated carbocycles. The highest BCUT2D eigenvalue weighted by molar-refractivity contribution is 9.09. The summed E-state index contributed by atoms with van der Waals surface area (Å²) in [7, 11) is -3.12. The first-order valence-electron chi connectivity index (χ1n) is 3.73. The number of alkyl halides is 1. The SMILES string of the molecule is CCOCCS(=O)(=O)NCCBr. The van der Waals surface area contributed by atoms with Gasteiger partial charge in [-0.25, -0.2) is 13.1 Å². The zero-order valence-corrected chi connectivity index (χ0v) is 9.45. The van der Waals surface area contributed by atoms with Crippen molar-refractivity contribution < 1.29 is 13.2 Å². The van der Waals surface area contributed by atoms with Crippen LogP contribution in [0.25, 0.3) is 0 Å². The van der Waals surface area contributed by atoms with E-state index in [4.69, 9.17) is 4.74 Å². The van der Waals surface area contributed by atoms with Crippen LogP contribution in [-0.4, -0.2) is 39.3 Å². The molecular formula is C6H14BrNO3S. The molecule has 12 heavy (non-hydrogen) atoms. The second kappa shape index (κ2) is 6.82. The summed E-state index contributed by atoms with van der Waals surface area (Å²) in [6, 6.07) is 0. The van der Waals surface area contributed by atoms with Gasteiger partial charge in [0.1, 0.15) is 0 Å². The van der Waals surface area contributed by atoms with Gasteiger partial charge in [-0.3, -0.25) is 0 Å². The Morgan fingerprint density at radius 3 is 2.67 bits per heavy atom. The molecule has 0 aromatic rings. The maximum absolute atomic E-state index is 11.1. The number of nitrogens with one attached hydrogen (secondary N) is 1. The van der Waals surface area contributed by atoms with E-state index in [9.17, 15) is 8.42 Å². The molecule has 1 N–H and O–H groups in total. The van der Waals surface area contributed by atoms with Crippen molar-refractivity contribution >= 4 is 26.0 Å². The Labute approximate surface area is 81.9 Å². The van der Waals surface area contributed by atoms with Crippen LogP contribution in [-0.2, 0) is 14.8 Å². The summed E-state index contributed by atoms with van der Waals surface area (Å²) in [6.07, 6.45) is 0. The van der Waals surface area contributed by atoms with Crippen molar-refractivity contribution in [1.29, 1.82) is 0 Å². The summed E-state index contributed by atoms with van der Waals surface area (Å²) < 4.78 is 29.4. The van der Waals surface area contributed by atoms with E-state index in [1.165, 1.54) is 0 Å². The minimum atomic E-state index is -3.12. The molecule has 0 radical (unpaired) electrons. The van der Waals surface area contributed by atoms with Crippen LogP contribution in [0.15, 0.2) is 0 Å². The van der Waals surface area contributed by atoms with E-state index in [1.54, 1.807) is 0 Å². The predicted molar refractivity (Wildman–Crippen MR) is 52.1 cm³/mol. The third kappa shape index (κ3) is 7.02. The number of sulfonamides is 1. The first-order chi connectivity index (χ1) is 5.62. The Morgan fingerprint density at radius 1 is 1.50 bits per heavy atom. The van der Waals surface area contributed by atoms with Crippen molar-refractivity contribution in [1.82, 2.24) is 4.72 Å². The van der Waals surface area contributed by atoms with E-state index < -0.39 is 10.0 Å². The first kappa shape index (κ1) is 12.3. The van der Waals surface area contributed by atoms with Crippen LogP contribution in [0, 0.1) is 0 Å². The fraction of sp³-hybridized carbons (Fsp3) is 1.00. The number of hydrogen-bond acceptors (Lipinski definition) is 3. The third-order valence-corrected chi connectivity index (χ3v) is 2.86. The number of halogens is 1. The molecule has 0 saturated heterocycles. The van der Waals surface area contributed by atoms with Crippen LogP contribution in [0.3, 0.4) is 0 Å². The highest BCUT2D eigenvalue weighted by atomic mass is 79.9. The Bertz CT molecular complexity index is 193. The normalized spacial score (nSPS) is 11.8. The summed E-state index contributed by atoms with van der Waals surface area (Å²) in [5, 5.41) is 0.626. The molecule has 0 aromatic carbocycles. The Hall–Kier alpha value is 0.350. The van der Waals surface area contributed by atoms with E-state index in [0.29, 0.717) is 18.5 Å². The van der Waals surface area contributed by atoms with E-state index in [1.807, 2.05) is 6.92 Å². The highest BCUT2D eigenvalue weighted by Crippen LogP contribution is 1.86. The quantitative estimate of drug-likeness (QED) is 0.530. The minimum absolute atomic E-state index is 0.0356. The van der Waals surface area contributed by atoms with Crippen molar-refractivity contribution in [3.63, 3.8) is 0 Å². The maximum atomic E-state index is 11.1. The molecule has 0 aliphatic heterocycles. The Morgan fingerprint density at radius 2 is 2.17 bits per heavy atom. The monoisotopic (exact) mass is 259 g/mol. The second-order valence-corrected chi connectivity index (χ2v) is 4.82. The van der Waals surface area contributed by atoms with E-state index in [-0.39, 0.29) is 12.4 Å².